The second-order valence-corrected chi connectivity index (χ2v) is 11.9. The molecule has 0 bridgehead atoms. The molecular weight excluding hydrogens is 474 g/mol. The molecule has 0 heterocycles. The number of nitrogens with one attached hydrogen (secondary N) is 2. The van der Waals surface area contributed by atoms with Crippen LogP contribution in [0.3, 0.4) is 0 Å². The van der Waals surface area contributed by atoms with Crippen LogP contribution in [0.5, 0.6) is 0 Å². The summed E-state index contributed by atoms with van der Waals surface area (Å²) in [5.74, 6) is 0.0916. The van der Waals surface area contributed by atoms with Gasteiger partial charge in [-0.05, 0) is 88.8 Å². The highest BCUT2D eigenvalue weighted by Crippen LogP contribution is 2.35. The highest BCUT2D eigenvalue weighted by Gasteiger charge is 2.25. The third-order valence-electron chi connectivity index (χ3n) is 6.64. The molecule has 0 unspecified atom stereocenters. The molecule has 38 heavy (non-hydrogen) atoms. The fraction of sp³-hybridized carbons (Fsp3) is 0.500. The third-order valence-corrected chi connectivity index (χ3v) is 6.64. The van der Waals surface area contributed by atoms with Crippen LogP contribution in [-0.4, -0.2) is 30.2 Å². The summed E-state index contributed by atoms with van der Waals surface area (Å²) in [6.45, 7) is 14.8. The van der Waals surface area contributed by atoms with Crippen LogP contribution in [0.1, 0.15) is 84.8 Å². The number of amides is 2. The summed E-state index contributed by atoms with van der Waals surface area (Å²) in [5.41, 5.74) is 4.69. The maximum absolute atomic E-state index is 13.1. The van der Waals surface area contributed by atoms with Gasteiger partial charge in [0.15, 0.2) is 0 Å². The molecule has 0 saturated heterocycles. The number of hydrogen-bond donors (Lipinski definition) is 2. The van der Waals surface area contributed by atoms with E-state index in [1.54, 1.807) is 0 Å². The molecule has 0 atom stereocenters. The molecule has 1 aliphatic carbocycles. The fourth-order valence-corrected chi connectivity index (χ4v) is 4.88. The molecule has 2 amide bonds. The number of anilines is 3. The molecule has 0 aliphatic heterocycles. The Labute approximate surface area is 228 Å². The lowest BCUT2D eigenvalue weighted by molar-refractivity contribution is -0.148. The second-order valence-electron chi connectivity index (χ2n) is 11.9. The van der Waals surface area contributed by atoms with Gasteiger partial charge in [0, 0.05) is 24.4 Å². The Balaban J connectivity index is 1.96. The molecule has 206 valence electrons. The minimum atomic E-state index is -0.560. The van der Waals surface area contributed by atoms with Crippen molar-refractivity contribution >= 4 is 34.6 Å². The highest BCUT2D eigenvalue weighted by atomic mass is 16.6. The minimum absolute atomic E-state index is 0.297. The monoisotopic (exact) mass is 519 g/mol. The zero-order valence-electron chi connectivity index (χ0n) is 24.2. The van der Waals surface area contributed by atoms with Crippen molar-refractivity contribution in [1.29, 1.82) is 0 Å². The Morgan fingerprint density at radius 2 is 1.68 bits per heavy atom. The molecule has 0 aromatic heterocycles. The summed E-state index contributed by atoms with van der Waals surface area (Å²) < 4.78 is 5.48. The van der Waals surface area contributed by atoms with Crippen LogP contribution in [0.2, 0.25) is 0 Å². The standard InChI is InChI=1S/C32H45N3O3/c1-22(2)21-35(27-11-9-8-10-12-27)29-18-15-25(24(4)19-30(36)38-32(5,6)7)20-28(29)34-31(37)33-26-16-13-23(3)14-17-26/h13-20,22,27H,8-12,21H2,1-7H3,(H2,33,34,37)/b24-19+. The lowest BCUT2D eigenvalue weighted by Gasteiger charge is -2.38. The van der Waals surface area contributed by atoms with Gasteiger partial charge in [-0.25, -0.2) is 9.59 Å². The molecule has 6 heteroatoms. The molecule has 6 nitrogen and oxygen atoms in total. The third kappa shape index (κ3) is 8.93. The van der Waals surface area contributed by atoms with Gasteiger partial charge in [-0.3, -0.25) is 0 Å². The van der Waals surface area contributed by atoms with Crippen molar-refractivity contribution in [2.24, 2.45) is 5.92 Å². The second kappa shape index (κ2) is 13.0. The van der Waals surface area contributed by atoms with Gasteiger partial charge in [0.2, 0.25) is 0 Å². The van der Waals surface area contributed by atoms with E-state index in [0.29, 0.717) is 12.0 Å². The summed E-state index contributed by atoms with van der Waals surface area (Å²) >= 11 is 0. The number of ether oxygens (including phenoxy) is 1. The smallest absolute Gasteiger partial charge is 0.331 e. The van der Waals surface area contributed by atoms with Crippen molar-refractivity contribution < 1.29 is 14.3 Å². The number of carbonyl (C=O) groups is 2. The number of nitrogens with zero attached hydrogens (tertiary/aromatic N) is 1. The topological polar surface area (TPSA) is 70.7 Å². The molecule has 0 spiro atoms. The van der Waals surface area contributed by atoms with Crippen LogP contribution in [0, 0.1) is 12.8 Å². The lowest BCUT2D eigenvalue weighted by atomic mass is 9.92. The molecule has 0 radical (unpaired) electrons. The number of benzene rings is 2. The van der Waals surface area contributed by atoms with Gasteiger partial charge < -0.3 is 20.3 Å². The first kappa shape index (κ1) is 29.3. The Bertz CT molecular complexity index is 1120. The summed E-state index contributed by atoms with van der Waals surface area (Å²) in [6, 6.07) is 14.0. The van der Waals surface area contributed by atoms with Crippen LogP contribution in [0.25, 0.3) is 5.57 Å². The summed E-state index contributed by atoms with van der Waals surface area (Å²) in [6.07, 6.45) is 7.56. The van der Waals surface area contributed by atoms with Crippen molar-refractivity contribution in [3.63, 3.8) is 0 Å². The molecular formula is C32H45N3O3. The Morgan fingerprint density at radius 1 is 1.03 bits per heavy atom. The van der Waals surface area contributed by atoms with Gasteiger partial charge in [-0.1, -0.05) is 56.9 Å². The van der Waals surface area contributed by atoms with E-state index in [0.717, 1.165) is 53.1 Å². The van der Waals surface area contributed by atoms with Crippen molar-refractivity contribution in [3.8, 4) is 0 Å². The van der Waals surface area contributed by atoms with Gasteiger partial charge in [0.1, 0.15) is 5.60 Å². The number of carbonyl (C=O) groups excluding carboxylic acids is 2. The predicted octanol–water partition coefficient (Wildman–Crippen LogP) is 8.18. The zero-order chi connectivity index (χ0) is 27.9. The van der Waals surface area contributed by atoms with Crippen LogP contribution in [-0.2, 0) is 9.53 Å². The minimum Gasteiger partial charge on any atom is -0.457 e. The van der Waals surface area contributed by atoms with Crippen molar-refractivity contribution in [2.75, 3.05) is 22.1 Å². The molecule has 1 saturated carbocycles. The molecule has 2 N–H and O–H groups in total. The summed E-state index contributed by atoms with van der Waals surface area (Å²) in [7, 11) is 0. The average Bonchev–Trinajstić information content (AvgIpc) is 2.83. The molecule has 2 aromatic rings. The molecule has 1 fully saturated rings. The maximum Gasteiger partial charge on any atom is 0.331 e. The molecule has 3 rings (SSSR count). The number of allylic oxidation sites excluding steroid dienone is 1. The van der Waals surface area contributed by atoms with Crippen molar-refractivity contribution in [2.45, 2.75) is 92.2 Å². The van der Waals surface area contributed by atoms with Crippen molar-refractivity contribution in [3.05, 3.63) is 59.7 Å². The van der Waals surface area contributed by atoms with Crippen LogP contribution in [0.15, 0.2) is 48.5 Å². The van der Waals surface area contributed by atoms with Gasteiger partial charge >= 0.3 is 12.0 Å². The van der Waals surface area contributed by atoms with E-state index in [-0.39, 0.29) is 12.0 Å². The molecule has 2 aromatic carbocycles. The first-order valence-electron chi connectivity index (χ1n) is 13.9. The zero-order valence-corrected chi connectivity index (χ0v) is 24.2. The van der Waals surface area contributed by atoms with Crippen LogP contribution < -0.4 is 15.5 Å². The Kier molecular flexibility index (Phi) is 10.0. The quantitative estimate of drug-likeness (QED) is 0.272. The van der Waals surface area contributed by atoms with E-state index in [1.165, 1.54) is 25.3 Å². The van der Waals surface area contributed by atoms with E-state index in [2.05, 4.69) is 35.4 Å². The van der Waals surface area contributed by atoms with Crippen molar-refractivity contribution in [1.82, 2.24) is 0 Å². The summed E-state index contributed by atoms with van der Waals surface area (Å²) in [4.78, 5) is 28.0. The lowest BCUT2D eigenvalue weighted by Crippen LogP contribution is -2.40. The van der Waals surface area contributed by atoms with Crippen LogP contribution >= 0.6 is 0 Å². The first-order valence-corrected chi connectivity index (χ1v) is 13.9. The largest absolute Gasteiger partial charge is 0.457 e. The number of rotatable bonds is 8. The molecule has 1 aliphatic rings. The van der Waals surface area contributed by atoms with E-state index >= 15 is 0 Å². The maximum atomic E-state index is 13.1. The SMILES string of the molecule is C/C(=C\C(=O)OC(C)(C)C)c1ccc(N(CC(C)C)C2CCCCC2)c(NC(=O)Nc2ccc(C)cc2)c1. The fourth-order valence-electron chi connectivity index (χ4n) is 4.88. The number of esters is 1. The normalized spacial score (nSPS) is 14.8. The average molecular weight is 520 g/mol. The van der Waals surface area contributed by atoms with E-state index in [1.807, 2.05) is 71.0 Å². The first-order chi connectivity index (χ1) is 17.9. The van der Waals surface area contributed by atoms with E-state index in [4.69, 9.17) is 4.74 Å². The number of hydrogen-bond acceptors (Lipinski definition) is 4. The highest BCUT2D eigenvalue weighted by molar-refractivity contribution is 6.02. The van der Waals surface area contributed by atoms with E-state index < -0.39 is 5.60 Å². The number of aryl methyl sites for hydroxylation is 1. The Morgan fingerprint density at radius 3 is 2.29 bits per heavy atom. The predicted molar refractivity (Wildman–Crippen MR) is 159 cm³/mol. The van der Waals surface area contributed by atoms with Crippen LogP contribution in [0.4, 0.5) is 21.9 Å². The van der Waals surface area contributed by atoms with Gasteiger partial charge in [0.05, 0.1) is 11.4 Å². The summed E-state index contributed by atoms with van der Waals surface area (Å²) in [5, 5.41) is 6.07. The van der Waals surface area contributed by atoms with Gasteiger partial charge in [0.25, 0.3) is 0 Å². The number of urea groups is 1. The Hall–Kier alpha value is -3.28. The van der Waals surface area contributed by atoms with E-state index in [9.17, 15) is 9.59 Å². The van der Waals surface area contributed by atoms with Gasteiger partial charge in [-0.2, -0.15) is 0 Å². The van der Waals surface area contributed by atoms with Gasteiger partial charge in [-0.15, -0.1) is 0 Å².